The topological polar surface area (TPSA) is 24.7 Å². The van der Waals surface area contributed by atoms with Gasteiger partial charge in [0.2, 0.25) is 0 Å². The first-order valence-corrected chi connectivity index (χ1v) is 14.1. The SMILES string of the molecule is C=Cc1ccc(C2=N/C(=C3/N=C(c4ccc(C=C)cc4)c4cc5ccccc5cc43)c3cc4ccccc4cc32)cc1. The van der Waals surface area contributed by atoms with Crippen molar-refractivity contribution in [2.45, 2.75) is 0 Å². The van der Waals surface area contributed by atoms with Gasteiger partial charge in [-0.25, -0.2) is 9.98 Å². The van der Waals surface area contributed by atoms with Gasteiger partial charge in [0.15, 0.2) is 0 Å². The standard InChI is InChI=1S/C40H26N2/c1-3-25-13-17-27(18-14-25)37-33-21-29-9-5-7-11-31(29)23-35(33)39(41-37)40-36-24-32-12-8-6-10-30(32)22-34(36)38(42-40)28-19-15-26(4-2)16-20-28/h3-24H,1-2H2/b40-39+. The van der Waals surface area contributed by atoms with E-state index in [4.69, 9.17) is 9.98 Å². The maximum absolute atomic E-state index is 5.37. The van der Waals surface area contributed by atoms with E-state index in [1.54, 1.807) is 0 Å². The average Bonchev–Trinajstić information content (AvgIpc) is 3.60. The summed E-state index contributed by atoms with van der Waals surface area (Å²) < 4.78 is 0. The first-order valence-electron chi connectivity index (χ1n) is 14.1. The molecule has 2 aliphatic heterocycles. The van der Waals surface area contributed by atoms with Crippen LogP contribution in [0.1, 0.15) is 44.5 Å². The third-order valence-electron chi connectivity index (χ3n) is 8.30. The zero-order valence-corrected chi connectivity index (χ0v) is 23.0. The molecule has 0 spiro atoms. The molecule has 2 heteroatoms. The van der Waals surface area contributed by atoms with E-state index >= 15 is 0 Å². The summed E-state index contributed by atoms with van der Waals surface area (Å²) in [6.45, 7) is 7.84. The van der Waals surface area contributed by atoms with Gasteiger partial charge in [-0.1, -0.05) is 122 Å². The van der Waals surface area contributed by atoms with Crippen molar-refractivity contribution in [3.63, 3.8) is 0 Å². The van der Waals surface area contributed by atoms with Crippen LogP contribution in [0.25, 0.3) is 45.1 Å². The van der Waals surface area contributed by atoms with Crippen LogP contribution in [0.3, 0.4) is 0 Å². The molecule has 0 radical (unpaired) electrons. The summed E-state index contributed by atoms with van der Waals surface area (Å²) in [5, 5.41) is 4.77. The monoisotopic (exact) mass is 534 g/mol. The molecule has 0 fully saturated rings. The molecule has 6 aromatic carbocycles. The second kappa shape index (κ2) is 9.50. The van der Waals surface area contributed by atoms with Crippen molar-refractivity contribution in [2.24, 2.45) is 9.98 Å². The normalized spacial score (nSPS) is 15.3. The van der Waals surface area contributed by atoms with Crippen LogP contribution in [0.5, 0.6) is 0 Å². The van der Waals surface area contributed by atoms with Crippen LogP contribution in [-0.4, -0.2) is 11.4 Å². The summed E-state index contributed by atoms with van der Waals surface area (Å²) in [7, 11) is 0. The number of aliphatic imine (C=N–C) groups is 2. The van der Waals surface area contributed by atoms with Gasteiger partial charge in [-0.05, 0) is 56.9 Å². The second-order valence-electron chi connectivity index (χ2n) is 10.8. The highest BCUT2D eigenvalue weighted by Gasteiger charge is 2.30. The fourth-order valence-corrected chi connectivity index (χ4v) is 6.08. The average molecular weight is 535 g/mol. The van der Waals surface area contributed by atoms with Crippen molar-refractivity contribution in [2.75, 3.05) is 0 Å². The summed E-state index contributed by atoms with van der Waals surface area (Å²) in [6.07, 6.45) is 3.74. The quantitative estimate of drug-likeness (QED) is 0.215. The van der Waals surface area contributed by atoms with Crippen molar-refractivity contribution >= 4 is 56.5 Å². The highest BCUT2D eigenvalue weighted by atomic mass is 14.9. The molecule has 0 bridgehead atoms. The number of rotatable bonds is 4. The lowest BCUT2D eigenvalue weighted by molar-refractivity contribution is 1.51. The number of hydrogen-bond donors (Lipinski definition) is 0. The number of nitrogens with zero attached hydrogens (tertiary/aromatic N) is 2. The van der Waals surface area contributed by atoms with E-state index in [1.165, 1.54) is 21.5 Å². The Morgan fingerprint density at radius 1 is 0.405 bits per heavy atom. The Bertz CT molecular complexity index is 2030. The van der Waals surface area contributed by atoms with Crippen molar-refractivity contribution in [1.82, 2.24) is 0 Å². The Morgan fingerprint density at radius 2 is 0.738 bits per heavy atom. The molecule has 8 rings (SSSR count). The molecule has 0 unspecified atom stereocenters. The van der Waals surface area contributed by atoms with E-state index in [9.17, 15) is 0 Å². The van der Waals surface area contributed by atoms with Gasteiger partial charge >= 0.3 is 0 Å². The van der Waals surface area contributed by atoms with E-state index < -0.39 is 0 Å². The predicted octanol–water partition coefficient (Wildman–Crippen LogP) is 9.81. The molecule has 2 nitrogen and oxygen atoms in total. The molecule has 6 aromatic rings. The second-order valence-corrected chi connectivity index (χ2v) is 10.8. The Hall–Kier alpha value is -5.60. The Morgan fingerprint density at radius 3 is 1.07 bits per heavy atom. The third-order valence-corrected chi connectivity index (χ3v) is 8.30. The maximum atomic E-state index is 5.37. The lowest BCUT2D eigenvalue weighted by Crippen LogP contribution is -2.00. The summed E-state index contributed by atoms with van der Waals surface area (Å²) in [5.41, 5.74) is 12.6. The van der Waals surface area contributed by atoms with Crippen LogP contribution >= 0.6 is 0 Å². The lowest BCUT2D eigenvalue weighted by atomic mass is 9.92. The predicted molar refractivity (Wildman–Crippen MR) is 179 cm³/mol. The fourth-order valence-electron chi connectivity index (χ4n) is 6.08. The molecule has 2 aliphatic rings. The molecular formula is C40H26N2. The van der Waals surface area contributed by atoms with Gasteiger partial charge < -0.3 is 0 Å². The molecule has 0 saturated heterocycles. The highest BCUT2D eigenvalue weighted by molar-refractivity contribution is 6.28. The molecule has 0 saturated carbocycles. The summed E-state index contributed by atoms with van der Waals surface area (Å²) in [6, 6.07) is 43.0. The van der Waals surface area contributed by atoms with Gasteiger partial charge in [-0.2, -0.15) is 0 Å². The van der Waals surface area contributed by atoms with Gasteiger partial charge in [-0.3, -0.25) is 0 Å². The Labute approximate surface area is 245 Å². The van der Waals surface area contributed by atoms with E-state index in [-0.39, 0.29) is 0 Å². The lowest BCUT2D eigenvalue weighted by Gasteiger charge is -2.09. The molecule has 0 amide bonds. The molecule has 2 heterocycles. The van der Waals surface area contributed by atoms with Crippen LogP contribution in [0, 0.1) is 0 Å². The minimum Gasteiger partial charge on any atom is -0.245 e. The fraction of sp³-hybridized carbons (Fsp3) is 0. The highest BCUT2D eigenvalue weighted by Crippen LogP contribution is 2.44. The van der Waals surface area contributed by atoms with Crippen molar-refractivity contribution < 1.29 is 0 Å². The van der Waals surface area contributed by atoms with Gasteiger partial charge in [0.05, 0.1) is 22.8 Å². The molecule has 0 atom stereocenters. The minimum absolute atomic E-state index is 0.910. The van der Waals surface area contributed by atoms with E-state index in [0.717, 1.165) is 67.3 Å². The van der Waals surface area contributed by atoms with Gasteiger partial charge in [-0.15, -0.1) is 0 Å². The van der Waals surface area contributed by atoms with Crippen LogP contribution in [-0.2, 0) is 0 Å². The van der Waals surface area contributed by atoms with Crippen LogP contribution in [0.2, 0.25) is 0 Å². The third kappa shape index (κ3) is 3.81. The molecule has 42 heavy (non-hydrogen) atoms. The minimum atomic E-state index is 0.910. The van der Waals surface area contributed by atoms with Crippen LogP contribution in [0.4, 0.5) is 0 Å². The van der Waals surface area contributed by atoms with Crippen LogP contribution in [0.15, 0.2) is 144 Å². The summed E-state index contributed by atoms with van der Waals surface area (Å²) in [4.78, 5) is 10.7. The largest absolute Gasteiger partial charge is 0.245 e. The molecule has 0 aliphatic carbocycles. The van der Waals surface area contributed by atoms with E-state index in [1.807, 2.05) is 12.2 Å². The zero-order chi connectivity index (χ0) is 28.2. The number of hydrogen-bond acceptors (Lipinski definition) is 2. The maximum Gasteiger partial charge on any atom is 0.0979 e. The van der Waals surface area contributed by atoms with Gasteiger partial charge in [0.25, 0.3) is 0 Å². The number of benzene rings is 6. The molecule has 0 aromatic heterocycles. The van der Waals surface area contributed by atoms with Crippen LogP contribution < -0.4 is 0 Å². The first-order chi connectivity index (χ1) is 20.7. The summed E-state index contributed by atoms with van der Waals surface area (Å²) in [5.74, 6) is 0. The van der Waals surface area contributed by atoms with Gasteiger partial charge in [0.1, 0.15) is 0 Å². The van der Waals surface area contributed by atoms with Crippen molar-refractivity contribution in [1.29, 1.82) is 0 Å². The van der Waals surface area contributed by atoms with Crippen molar-refractivity contribution in [3.05, 3.63) is 179 Å². The summed E-state index contributed by atoms with van der Waals surface area (Å²) >= 11 is 0. The first kappa shape index (κ1) is 24.2. The van der Waals surface area contributed by atoms with E-state index in [0.29, 0.717) is 0 Å². The van der Waals surface area contributed by atoms with Gasteiger partial charge in [0, 0.05) is 33.4 Å². The number of fused-ring (bicyclic) bond motifs is 4. The Balaban J connectivity index is 1.43. The zero-order valence-electron chi connectivity index (χ0n) is 23.0. The van der Waals surface area contributed by atoms with E-state index in [2.05, 4.69) is 134 Å². The molecular weight excluding hydrogens is 508 g/mol. The smallest absolute Gasteiger partial charge is 0.0979 e. The molecule has 196 valence electrons. The Kier molecular flexibility index (Phi) is 5.48. The molecule has 0 N–H and O–H groups in total. The van der Waals surface area contributed by atoms with Crippen molar-refractivity contribution in [3.8, 4) is 0 Å².